The Morgan fingerprint density at radius 2 is 2.15 bits per heavy atom. The molecule has 1 amide bonds. The minimum Gasteiger partial charge on any atom is -0.441 e. The van der Waals surface area contributed by atoms with Crippen molar-refractivity contribution in [2.24, 2.45) is 5.92 Å². The molecule has 150 valence electrons. The number of hydrogen-bond acceptors (Lipinski definition) is 4. The molecule has 3 rings (SSSR count). The monoisotopic (exact) mass is 453 g/mol. The molecule has 0 spiro atoms. The largest absolute Gasteiger partial charge is 0.441 e. The lowest BCUT2D eigenvalue weighted by Crippen LogP contribution is -2.48. The highest BCUT2D eigenvalue weighted by molar-refractivity contribution is 6.36. The third-order valence-electron chi connectivity index (χ3n) is 4.45. The summed E-state index contributed by atoms with van der Waals surface area (Å²) in [5, 5.41) is 7.51. The van der Waals surface area contributed by atoms with Crippen molar-refractivity contribution in [1.82, 2.24) is 15.6 Å². The Hall–Kier alpha value is -0.980. The number of aromatic nitrogens is 1. The first kappa shape index (κ1) is 24.1. The van der Waals surface area contributed by atoms with E-state index in [1.165, 1.54) is 0 Å². The van der Waals surface area contributed by atoms with Crippen molar-refractivity contribution in [2.75, 3.05) is 13.1 Å². The summed E-state index contributed by atoms with van der Waals surface area (Å²) in [6, 6.07) is 5.44. The summed E-state index contributed by atoms with van der Waals surface area (Å²) in [6.07, 6.45) is 3.39. The first-order valence-corrected chi connectivity index (χ1v) is 9.18. The van der Waals surface area contributed by atoms with E-state index in [0.29, 0.717) is 40.5 Å². The zero-order chi connectivity index (χ0) is 17.8. The lowest BCUT2D eigenvalue weighted by atomic mass is 9.95. The van der Waals surface area contributed by atoms with Gasteiger partial charge in [-0.3, -0.25) is 4.79 Å². The molecule has 2 N–H and O–H groups in total. The van der Waals surface area contributed by atoms with Crippen LogP contribution in [0.1, 0.15) is 25.7 Å². The van der Waals surface area contributed by atoms with E-state index in [2.05, 4.69) is 22.5 Å². The number of amides is 1. The highest BCUT2D eigenvalue weighted by Gasteiger charge is 2.22. The SMILES string of the molecule is CC1CNCCC1NC(=O)CCc1ncc(-c2ccc(Cl)cc2Cl)o1.Cl.Cl. The van der Waals surface area contributed by atoms with Gasteiger partial charge in [0, 0.05) is 29.5 Å². The van der Waals surface area contributed by atoms with E-state index in [1.54, 1.807) is 24.4 Å². The molecule has 5 nitrogen and oxygen atoms in total. The Bertz CT molecular complexity index is 754. The maximum atomic E-state index is 12.2. The second-order valence-electron chi connectivity index (χ2n) is 6.39. The van der Waals surface area contributed by atoms with E-state index in [9.17, 15) is 4.79 Å². The van der Waals surface area contributed by atoms with Crippen LogP contribution in [0.2, 0.25) is 10.0 Å². The molecule has 2 heterocycles. The van der Waals surface area contributed by atoms with Crippen LogP contribution in [0.3, 0.4) is 0 Å². The third-order valence-corrected chi connectivity index (χ3v) is 5.00. The van der Waals surface area contributed by atoms with Gasteiger partial charge in [0.05, 0.1) is 11.2 Å². The van der Waals surface area contributed by atoms with Gasteiger partial charge in [0.25, 0.3) is 0 Å². The number of carbonyl (C=O) groups is 1. The minimum atomic E-state index is 0. The van der Waals surface area contributed by atoms with Crippen LogP contribution in [0.5, 0.6) is 0 Å². The van der Waals surface area contributed by atoms with Gasteiger partial charge in [-0.15, -0.1) is 24.8 Å². The molecule has 1 saturated heterocycles. The molecule has 1 aliphatic rings. The fourth-order valence-electron chi connectivity index (χ4n) is 2.97. The number of rotatable bonds is 5. The summed E-state index contributed by atoms with van der Waals surface area (Å²) in [6.45, 7) is 4.03. The molecular formula is C18H23Cl4N3O2. The number of benzene rings is 1. The predicted molar refractivity (Wildman–Crippen MR) is 113 cm³/mol. The van der Waals surface area contributed by atoms with Crippen molar-refractivity contribution in [2.45, 2.75) is 32.2 Å². The highest BCUT2D eigenvalue weighted by atomic mass is 35.5. The molecule has 27 heavy (non-hydrogen) atoms. The quantitative estimate of drug-likeness (QED) is 0.695. The molecular weight excluding hydrogens is 432 g/mol. The van der Waals surface area contributed by atoms with Gasteiger partial charge in [-0.05, 0) is 43.6 Å². The zero-order valence-corrected chi connectivity index (χ0v) is 18.0. The molecule has 0 saturated carbocycles. The van der Waals surface area contributed by atoms with Gasteiger partial charge in [-0.1, -0.05) is 30.1 Å². The summed E-state index contributed by atoms with van der Waals surface area (Å²) < 4.78 is 5.72. The molecule has 2 unspecified atom stereocenters. The number of nitrogens with one attached hydrogen (secondary N) is 2. The van der Waals surface area contributed by atoms with E-state index in [1.807, 2.05) is 0 Å². The maximum Gasteiger partial charge on any atom is 0.220 e. The lowest BCUT2D eigenvalue weighted by molar-refractivity contribution is -0.122. The second kappa shape index (κ2) is 11.1. The Labute approximate surface area is 181 Å². The molecule has 1 aliphatic heterocycles. The van der Waals surface area contributed by atoms with Crippen LogP contribution in [0.25, 0.3) is 11.3 Å². The Balaban J connectivity index is 0.00000182. The Kier molecular flexibility index (Phi) is 9.91. The summed E-state index contributed by atoms with van der Waals surface area (Å²) in [5.74, 6) is 1.57. The molecule has 1 fully saturated rings. The van der Waals surface area contributed by atoms with Gasteiger partial charge in [-0.25, -0.2) is 4.98 Å². The Morgan fingerprint density at radius 3 is 2.85 bits per heavy atom. The lowest BCUT2D eigenvalue weighted by Gasteiger charge is -2.30. The molecule has 0 aliphatic carbocycles. The predicted octanol–water partition coefficient (Wildman–Crippen LogP) is 4.54. The summed E-state index contributed by atoms with van der Waals surface area (Å²) >= 11 is 12.1. The van der Waals surface area contributed by atoms with Crippen molar-refractivity contribution < 1.29 is 9.21 Å². The van der Waals surface area contributed by atoms with Crippen LogP contribution in [0.4, 0.5) is 0 Å². The van der Waals surface area contributed by atoms with Gasteiger partial charge in [0.1, 0.15) is 0 Å². The number of piperidine rings is 1. The van der Waals surface area contributed by atoms with Crippen molar-refractivity contribution >= 4 is 53.9 Å². The Morgan fingerprint density at radius 1 is 1.37 bits per heavy atom. The van der Waals surface area contributed by atoms with Crippen LogP contribution in [0, 0.1) is 5.92 Å². The minimum absolute atomic E-state index is 0. The number of hydrogen-bond donors (Lipinski definition) is 2. The number of oxazole rings is 1. The summed E-state index contributed by atoms with van der Waals surface area (Å²) in [5.41, 5.74) is 0.734. The highest BCUT2D eigenvalue weighted by Crippen LogP contribution is 2.30. The standard InChI is InChI=1S/C18H21Cl2N3O2.2ClH/c1-11-9-21-7-6-15(11)23-17(24)4-5-18-22-10-16(25-18)13-3-2-12(19)8-14(13)20;;/h2-3,8,10-11,15,21H,4-7,9H2,1H3,(H,23,24);2*1H. The third kappa shape index (κ3) is 6.54. The fraction of sp³-hybridized carbons (Fsp3) is 0.444. The maximum absolute atomic E-state index is 12.2. The van der Waals surface area contributed by atoms with Gasteiger partial charge in [0.15, 0.2) is 11.7 Å². The van der Waals surface area contributed by atoms with Crippen LogP contribution in [-0.2, 0) is 11.2 Å². The van der Waals surface area contributed by atoms with Crippen LogP contribution >= 0.6 is 48.0 Å². The summed E-state index contributed by atoms with van der Waals surface area (Å²) in [4.78, 5) is 16.4. The van der Waals surface area contributed by atoms with Gasteiger partial charge >= 0.3 is 0 Å². The van der Waals surface area contributed by atoms with Crippen LogP contribution < -0.4 is 10.6 Å². The normalized spacial score (nSPS) is 18.9. The first-order valence-electron chi connectivity index (χ1n) is 8.43. The van der Waals surface area contributed by atoms with Crippen LogP contribution in [0.15, 0.2) is 28.8 Å². The molecule has 0 bridgehead atoms. The van der Waals surface area contributed by atoms with Crippen molar-refractivity contribution in [3.8, 4) is 11.3 Å². The van der Waals surface area contributed by atoms with Crippen LogP contribution in [-0.4, -0.2) is 30.0 Å². The molecule has 1 aromatic heterocycles. The van der Waals surface area contributed by atoms with Gasteiger partial charge in [0.2, 0.25) is 5.91 Å². The number of halogens is 4. The van der Waals surface area contributed by atoms with Crippen molar-refractivity contribution in [1.29, 1.82) is 0 Å². The van der Waals surface area contributed by atoms with E-state index >= 15 is 0 Å². The molecule has 2 aromatic rings. The molecule has 1 aromatic carbocycles. The summed E-state index contributed by atoms with van der Waals surface area (Å²) in [7, 11) is 0. The van der Waals surface area contributed by atoms with Gasteiger partial charge in [-0.2, -0.15) is 0 Å². The van der Waals surface area contributed by atoms with Gasteiger partial charge < -0.3 is 15.1 Å². The van der Waals surface area contributed by atoms with E-state index in [-0.39, 0.29) is 36.8 Å². The number of aryl methyl sites for hydroxylation is 1. The average molecular weight is 455 g/mol. The van der Waals surface area contributed by atoms with Crippen molar-refractivity contribution in [3.63, 3.8) is 0 Å². The fourth-order valence-corrected chi connectivity index (χ4v) is 3.47. The topological polar surface area (TPSA) is 67.2 Å². The van der Waals surface area contributed by atoms with E-state index < -0.39 is 0 Å². The number of carbonyl (C=O) groups excluding carboxylic acids is 1. The number of nitrogens with zero attached hydrogens (tertiary/aromatic N) is 1. The van der Waals surface area contributed by atoms with E-state index in [4.69, 9.17) is 27.6 Å². The molecule has 0 radical (unpaired) electrons. The molecule has 9 heteroatoms. The smallest absolute Gasteiger partial charge is 0.220 e. The van der Waals surface area contributed by atoms with E-state index in [0.717, 1.165) is 25.1 Å². The average Bonchev–Trinajstić information content (AvgIpc) is 3.04. The zero-order valence-electron chi connectivity index (χ0n) is 14.8. The molecule has 2 atom stereocenters. The second-order valence-corrected chi connectivity index (χ2v) is 7.23. The first-order chi connectivity index (χ1) is 12.0. The van der Waals surface area contributed by atoms with Crippen molar-refractivity contribution in [3.05, 3.63) is 40.3 Å².